The van der Waals surface area contributed by atoms with Gasteiger partial charge in [0.2, 0.25) is 5.91 Å². The van der Waals surface area contributed by atoms with Crippen molar-refractivity contribution in [2.75, 3.05) is 7.05 Å². The first-order valence-corrected chi connectivity index (χ1v) is 6.97. The lowest BCUT2D eigenvalue weighted by Crippen LogP contribution is -2.44. The third kappa shape index (κ3) is 3.17. The van der Waals surface area contributed by atoms with Crippen molar-refractivity contribution in [3.63, 3.8) is 0 Å². The van der Waals surface area contributed by atoms with E-state index in [2.05, 4.69) is 30.3 Å². The van der Waals surface area contributed by atoms with E-state index in [4.69, 9.17) is 5.73 Å². The average molecular weight is 270 g/mol. The summed E-state index contributed by atoms with van der Waals surface area (Å²) in [6.45, 7) is 4.52. The number of likely N-dealkylation sites (N-methyl/N-ethyl adjacent to an activating group) is 1. The Bertz CT molecular complexity index is 607. The minimum atomic E-state index is -0.430. The minimum Gasteiger partial charge on any atom is -0.340 e. The second kappa shape index (κ2) is 6.06. The summed E-state index contributed by atoms with van der Waals surface area (Å²) in [5.74, 6) is 0.148. The molecule has 0 aliphatic rings. The Morgan fingerprint density at radius 1 is 1.15 bits per heavy atom. The molecule has 2 aromatic rings. The number of hydrogen-bond donors (Lipinski definition) is 1. The molecule has 3 heteroatoms. The largest absolute Gasteiger partial charge is 0.340 e. The first kappa shape index (κ1) is 14.5. The SMILES string of the molecule is CC(C)[C@@H](N)C(=O)N(C)Cc1ccc2ccccc2c1. The first-order chi connectivity index (χ1) is 9.49. The van der Waals surface area contributed by atoms with Gasteiger partial charge in [-0.1, -0.05) is 50.2 Å². The van der Waals surface area contributed by atoms with E-state index in [9.17, 15) is 4.79 Å². The molecule has 0 radical (unpaired) electrons. The number of amides is 1. The first-order valence-electron chi connectivity index (χ1n) is 6.97. The van der Waals surface area contributed by atoms with Gasteiger partial charge in [-0.05, 0) is 28.3 Å². The number of hydrogen-bond acceptors (Lipinski definition) is 2. The molecule has 0 fully saturated rings. The van der Waals surface area contributed by atoms with Gasteiger partial charge in [-0.3, -0.25) is 4.79 Å². The molecule has 0 saturated heterocycles. The Labute approximate surface area is 120 Å². The van der Waals surface area contributed by atoms with Crippen LogP contribution in [0.25, 0.3) is 10.8 Å². The number of nitrogens with zero attached hydrogens (tertiary/aromatic N) is 1. The fourth-order valence-electron chi connectivity index (χ4n) is 2.23. The standard InChI is InChI=1S/C17H22N2O/c1-12(2)16(18)17(20)19(3)11-13-8-9-14-6-4-5-7-15(14)10-13/h4-10,12,16H,11,18H2,1-3H3/t16-/m1/s1. The van der Waals surface area contributed by atoms with E-state index in [1.165, 1.54) is 10.8 Å². The van der Waals surface area contributed by atoms with Crippen molar-refractivity contribution < 1.29 is 4.79 Å². The van der Waals surface area contributed by atoms with Crippen LogP contribution in [0, 0.1) is 5.92 Å². The molecule has 0 aliphatic heterocycles. The lowest BCUT2D eigenvalue weighted by molar-refractivity contribution is -0.132. The van der Waals surface area contributed by atoms with Crippen LogP contribution < -0.4 is 5.73 Å². The maximum Gasteiger partial charge on any atom is 0.239 e. The van der Waals surface area contributed by atoms with Crippen LogP contribution in [-0.4, -0.2) is 23.9 Å². The van der Waals surface area contributed by atoms with Gasteiger partial charge < -0.3 is 10.6 Å². The quantitative estimate of drug-likeness (QED) is 0.928. The predicted molar refractivity (Wildman–Crippen MR) is 83.2 cm³/mol. The van der Waals surface area contributed by atoms with Gasteiger partial charge in [-0.25, -0.2) is 0 Å². The molecular formula is C17H22N2O. The Morgan fingerprint density at radius 3 is 2.45 bits per heavy atom. The van der Waals surface area contributed by atoms with Crippen molar-refractivity contribution in [2.24, 2.45) is 11.7 Å². The van der Waals surface area contributed by atoms with Gasteiger partial charge in [0.25, 0.3) is 0 Å². The lowest BCUT2D eigenvalue weighted by atomic mass is 10.0. The lowest BCUT2D eigenvalue weighted by Gasteiger charge is -2.23. The zero-order chi connectivity index (χ0) is 14.7. The van der Waals surface area contributed by atoms with Crippen LogP contribution in [-0.2, 0) is 11.3 Å². The van der Waals surface area contributed by atoms with Gasteiger partial charge in [0.15, 0.2) is 0 Å². The average Bonchev–Trinajstić information content (AvgIpc) is 2.45. The van der Waals surface area contributed by atoms with E-state index in [0.717, 1.165) is 5.56 Å². The summed E-state index contributed by atoms with van der Waals surface area (Å²) in [6.07, 6.45) is 0. The highest BCUT2D eigenvalue weighted by Crippen LogP contribution is 2.17. The van der Waals surface area contributed by atoms with Crippen LogP contribution in [0.2, 0.25) is 0 Å². The Morgan fingerprint density at radius 2 is 1.80 bits per heavy atom. The van der Waals surface area contributed by atoms with Crippen LogP contribution in [0.3, 0.4) is 0 Å². The van der Waals surface area contributed by atoms with Gasteiger partial charge in [-0.2, -0.15) is 0 Å². The summed E-state index contributed by atoms with van der Waals surface area (Å²) >= 11 is 0. The second-order valence-electron chi connectivity index (χ2n) is 5.65. The van der Waals surface area contributed by atoms with Crippen LogP contribution in [0.5, 0.6) is 0 Å². The molecule has 0 unspecified atom stereocenters. The molecule has 2 N–H and O–H groups in total. The van der Waals surface area contributed by atoms with E-state index < -0.39 is 6.04 Å². The monoisotopic (exact) mass is 270 g/mol. The van der Waals surface area contributed by atoms with Crippen molar-refractivity contribution in [2.45, 2.75) is 26.4 Å². The molecule has 0 aromatic heterocycles. The van der Waals surface area contributed by atoms with E-state index in [1.807, 2.05) is 26.0 Å². The summed E-state index contributed by atoms with van der Waals surface area (Å²) in [5.41, 5.74) is 7.03. The van der Waals surface area contributed by atoms with Gasteiger partial charge in [0.1, 0.15) is 0 Å². The smallest absolute Gasteiger partial charge is 0.239 e. The van der Waals surface area contributed by atoms with E-state index in [0.29, 0.717) is 6.54 Å². The molecule has 0 bridgehead atoms. The van der Waals surface area contributed by atoms with Crippen molar-refractivity contribution >= 4 is 16.7 Å². The molecule has 1 amide bonds. The van der Waals surface area contributed by atoms with E-state index >= 15 is 0 Å². The fourth-order valence-corrected chi connectivity index (χ4v) is 2.23. The molecule has 1 atom stereocenters. The van der Waals surface area contributed by atoms with Gasteiger partial charge in [-0.15, -0.1) is 0 Å². The van der Waals surface area contributed by atoms with E-state index in [-0.39, 0.29) is 11.8 Å². The molecule has 2 rings (SSSR count). The highest BCUT2D eigenvalue weighted by atomic mass is 16.2. The summed E-state index contributed by atoms with van der Waals surface area (Å²) in [7, 11) is 1.81. The van der Waals surface area contributed by atoms with Gasteiger partial charge in [0.05, 0.1) is 6.04 Å². The zero-order valence-electron chi connectivity index (χ0n) is 12.3. The van der Waals surface area contributed by atoms with E-state index in [1.54, 1.807) is 11.9 Å². The molecule has 0 spiro atoms. The molecule has 106 valence electrons. The fraction of sp³-hybridized carbons (Fsp3) is 0.353. The maximum absolute atomic E-state index is 12.2. The predicted octanol–water partition coefficient (Wildman–Crippen LogP) is 2.78. The van der Waals surface area contributed by atoms with Crippen LogP contribution in [0.4, 0.5) is 0 Å². The van der Waals surface area contributed by atoms with Crippen LogP contribution in [0.1, 0.15) is 19.4 Å². The van der Waals surface area contributed by atoms with Crippen molar-refractivity contribution in [1.82, 2.24) is 4.90 Å². The number of fused-ring (bicyclic) bond motifs is 1. The summed E-state index contributed by atoms with van der Waals surface area (Å²) < 4.78 is 0. The summed E-state index contributed by atoms with van der Waals surface area (Å²) in [5, 5.41) is 2.41. The Balaban J connectivity index is 2.13. The van der Waals surface area contributed by atoms with Crippen molar-refractivity contribution in [3.05, 3.63) is 48.0 Å². The minimum absolute atomic E-state index is 0.00633. The van der Waals surface area contributed by atoms with Crippen LogP contribution >= 0.6 is 0 Å². The molecule has 0 saturated carbocycles. The molecule has 3 nitrogen and oxygen atoms in total. The number of carbonyl (C=O) groups excluding carboxylic acids is 1. The summed E-state index contributed by atoms with van der Waals surface area (Å²) in [4.78, 5) is 13.9. The molecule has 0 aliphatic carbocycles. The number of nitrogens with two attached hydrogens (primary N) is 1. The highest BCUT2D eigenvalue weighted by molar-refractivity contribution is 5.84. The number of carbonyl (C=O) groups is 1. The maximum atomic E-state index is 12.2. The van der Waals surface area contributed by atoms with Crippen molar-refractivity contribution in [3.8, 4) is 0 Å². The summed E-state index contributed by atoms with van der Waals surface area (Å²) in [6, 6.07) is 14.1. The number of benzene rings is 2. The molecular weight excluding hydrogens is 248 g/mol. The Hall–Kier alpha value is -1.87. The van der Waals surface area contributed by atoms with Gasteiger partial charge >= 0.3 is 0 Å². The highest BCUT2D eigenvalue weighted by Gasteiger charge is 2.20. The van der Waals surface area contributed by atoms with Crippen molar-refractivity contribution in [1.29, 1.82) is 0 Å². The van der Waals surface area contributed by atoms with Gasteiger partial charge in [0, 0.05) is 13.6 Å². The molecule has 0 heterocycles. The Kier molecular flexibility index (Phi) is 4.40. The van der Waals surface area contributed by atoms with Crippen LogP contribution in [0.15, 0.2) is 42.5 Å². The molecule has 20 heavy (non-hydrogen) atoms. The topological polar surface area (TPSA) is 46.3 Å². The second-order valence-corrected chi connectivity index (χ2v) is 5.65. The zero-order valence-corrected chi connectivity index (χ0v) is 12.3. The molecule has 2 aromatic carbocycles. The third-order valence-electron chi connectivity index (χ3n) is 3.61. The normalized spacial score (nSPS) is 12.7. The third-order valence-corrected chi connectivity index (χ3v) is 3.61. The number of rotatable bonds is 4.